The van der Waals surface area contributed by atoms with Crippen LogP contribution in [0, 0.1) is 0 Å². The summed E-state index contributed by atoms with van der Waals surface area (Å²) in [7, 11) is 0.0316. The Kier molecular flexibility index (Phi) is 5.55. The molecule has 18 heavy (non-hydrogen) atoms. The highest BCUT2D eigenvalue weighted by Crippen LogP contribution is 2.17. The average molecular weight is 277 g/mol. The number of likely N-dealkylation sites (N-methyl/N-ethyl adjacent to an activating group) is 2. The van der Waals surface area contributed by atoms with E-state index in [0.717, 1.165) is 30.2 Å². The Morgan fingerprint density at radius 1 is 1.50 bits per heavy atom. The number of amides is 1. The van der Waals surface area contributed by atoms with E-state index in [1.165, 1.54) is 7.05 Å². The van der Waals surface area contributed by atoms with Gasteiger partial charge in [-0.25, -0.2) is 8.42 Å². The molecule has 1 aliphatic heterocycles. The summed E-state index contributed by atoms with van der Waals surface area (Å²) < 4.78 is 24.3. The molecule has 1 saturated heterocycles. The third-order valence-electron chi connectivity index (χ3n) is 3.33. The minimum atomic E-state index is -3.28. The molecule has 1 fully saturated rings. The summed E-state index contributed by atoms with van der Waals surface area (Å²) in [5.74, 6) is -0.0798. The zero-order chi connectivity index (χ0) is 13.8. The second-order valence-corrected chi connectivity index (χ2v) is 6.96. The fourth-order valence-electron chi connectivity index (χ4n) is 2.21. The molecule has 1 N–H and O–H groups in total. The van der Waals surface area contributed by atoms with Crippen LogP contribution < -0.4 is 5.32 Å². The quantitative estimate of drug-likeness (QED) is 0.709. The Bertz CT molecular complexity index is 383. The first-order valence-corrected chi connectivity index (χ1v) is 7.91. The molecular formula is C11H23N3O3S. The second-order valence-electron chi connectivity index (χ2n) is 4.60. The first-order valence-electron chi connectivity index (χ1n) is 6.30. The maximum absolute atomic E-state index is 12.1. The molecule has 1 atom stereocenters. The predicted molar refractivity (Wildman–Crippen MR) is 70.8 cm³/mol. The van der Waals surface area contributed by atoms with Crippen LogP contribution in [0.25, 0.3) is 0 Å². The van der Waals surface area contributed by atoms with Gasteiger partial charge in [-0.15, -0.1) is 0 Å². The summed E-state index contributed by atoms with van der Waals surface area (Å²) in [5.41, 5.74) is 0. The molecule has 1 unspecified atom stereocenters. The fraction of sp³-hybridized carbons (Fsp3) is 0.909. The van der Waals surface area contributed by atoms with Crippen LogP contribution in [0.3, 0.4) is 0 Å². The Hall–Kier alpha value is -0.660. The minimum Gasteiger partial charge on any atom is -0.337 e. The molecule has 0 aromatic heterocycles. The van der Waals surface area contributed by atoms with E-state index in [-0.39, 0.29) is 24.2 Å². The number of nitrogens with zero attached hydrogens (tertiary/aromatic N) is 2. The van der Waals surface area contributed by atoms with Crippen LogP contribution in [0.4, 0.5) is 0 Å². The number of sulfonamides is 1. The van der Waals surface area contributed by atoms with E-state index in [1.54, 1.807) is 11.8 Å². The lowest BCUT2D eigenvalue weighted by atomic mass is 10.2. The van der Waals surface area contributed by atoms with Gasteiger partial charge in [-0.2, -0.15) is 4.31 Å². The van der Waals surface area contributed by atoms with Crippen LogP contribution >= 0.6 is 0 Å². The van der Waals surface area contributed by atoms with Gasteiger partial charge in [-0.3, -0.25) is 4.79 Å². The van der Waals surface area contributed by atoms with Crippen molar-refractivity contribution in [2.45, 2.75) is 25.8 Å². The second kappa shape index (κ2) is 6.49. The molecule has 106 valence electrons. The fourth-order valence-corrected chi connectivity index (χ4v) is 2.96. The van der Waals surface area contributed by atoms with Crippen molar-refractivity contribution in [3.63, 3.8) is 0 Å². The number of carbonyl (C=O) groups is 1. The summed E-state index contributed by atoms with van der Waals surface area (Å²) in [6.45, 7) is 3.01. The Morgan fingerprint density at radius 2 is 2.17 bits per heavy atom. The average Bonchev–Trinajstić information content (AvgIpc) is 2.77. The first-order chi connectivity index (χ1) is 8.42. The molecule has 0 radical (unpaired) electrons. The highest BCUT2D eigenvalue weighted by atomic mass is 32.2. The van der Waals surface area contributed by atoms with Crippen LogP contribution in [0.15, 0.2) is 0 Å². The van der Waals surface area contributed by atoms with E-state index in [1.807, 2.05) is 7.05 Å². The lowest BCUT2D eigenvalue weighted by Gasteiger charge is -2.26. The normalized spacial score (nSPS) is 20.7. The third-order valence-corrected chi connectivity index (χ3v) is 5.14. The molecule has 1 rings (SSSR count). The number of hydrogen-bond acceptors (Lipinski definition) is 4. The molecule has 6 nitrogen and oxygen atoms in total. The van der Waals surface area contributed by atoms with Crippen molar-refractivity contribution in [1.29, 1.82) is 0 Å². The zero-order valence-electron chi connectivity index (χ0n) is 11.3. The van der Waals surface area contributed by atoms with Gasteiger partial charge in [-0.05, 0) is 26.8 Å². The van der Waals surface area contributed by atoms with E-state index in [4.69, 9.17) is 0 Å². The molecule has 1 heterocycles. The molecule has 0 saturated carbocycles. The van der Waals surface area contributed by atoms with E-state index in [2.05, 4.69) is 5.32 Å². The largest absolute Gasteiger partial charge is 0.337 e. The summed E-state index contributed by atoms with van der Waals surface area (Å²) >= 11 is 0. The topological polar surface area (TPSA) is 69.7 Å². The van der Waals surface area contributed by atoms with Crippen molar-refractivity contribution in [1.82, 2.24) is 14.5 Å². The molecule has 0 aliphatic carbocycles. The summed E-state index contributed by atoms with van der Waals surface area (Å²) in [6.07, 6.45) is 1.97. The first kappa shape index (κ1) is 15.4. The lowest BCUT2D eigenvalue weighted by molar-refractivity contribution is -0.131. The predicted octanol–water partition coefficient (Wildman–Crippen LogP) is -0.522. The zero-order valence-corrected chi connectivity index (χ0v) is 12.2. The van der Waals surface area contributed by atoms with Crippen molar-refractivity contribution in [3.05, 3.63) is 0 Å². The highest BCUT2D eigenvalue weighted by Gasteiger charge is 2.30. The molecule has 1 aliphatic rings. The summed E-state index contributed by atoms with van der Waals surface area (Å²) in [6, 6.07) is 0.195. The smallest absolute Gasteiger partial charge is 0.238 e. The van der Waals surface area contributed by atoms with Crippen LogP contribution in [-0.2, 0) is 14.8 Å². The van der Waals surface area contributed by atoms with Gasteiger partial charge in [0.2, 0.25) is 15.9 Å². The number of rotatable bonds is 6. The standard InChI is InChI=1S/C11H23N3O3S/c1-4-18(16,17)13(3)9-11(15)14-7-5-6-10(14)8-12-2/h10,12H,4-9H2,1-3H3. The van der Waals surface area contributed by atoms with Gasteiger partial charge >= 0.3 is 0 Å². The van der Waals surface area contributed by atoms with E-state index in [0.29, 0.717) is 0 Å². The van der Waals surface area contributed by atoms with Crippen molar-refractivity contribution >= 4 is 15.9 Å². The van der Waals surface area contributed by atoms with Crippen molar-refractivity contribution < 1.29 is 13.2 Å². The molecule has 0 bridgehead atoms. The molecule has 0 aromatic rings. The van der Waals surface area contributed by atoms with Crippen molar-refractivity contribution in [3.8, 4) is 0 Å². The maximum atomic E-state index is 12.1. The van der Waals surface area contributed by atoms with Gasteiger partial charge in [0.15, 0.2) is 0 Å². The van der Waals surface area contributed by atoms with Crippen molar-refractivity contribution in [2.75, 3.05) is 39.5 Å². The maximum Gasteiger partial charge on any atom is 0.238 e. The monoisotopic (exact) mass is 277 g/mol. The van der Waals surface area contributed by atoms with Crippen LogP contribution in [0.5, 0.6) is 0 Å². The molecular weight excluding hydrogens is 254 g/mol. The van der Waals surface area contributed by atoms with Crippen molar-refractivity contribution in [2.24, 2.45) is 0 Å². The number of nitrogens with one attached hydrogen (secondary N) is 1. The third kappa shape index (κ3) is 3.66. The van der Waals surface area contributed by atoms with Gasteiger partial charge in [0, 0.05) is 26.2 Å². The molecule has 0 spiro atoms. The molecule has 0 aromatic carbocycles. The lowest BCUT2D eigenvalue weighted by Crippen LogP contribution is -2.46. The Labute approximate surface area is 109 Å². The summed E-state index contributed by atoms with van der Waals surface area (Å²) in [4.78, 5) is 13.9. The van der Waals surface area contributed by atoms with Gasteiger partial charge in [0.05, 0.1) is 12.3 Å². The number of likely N-dealkylation sites (tertiary alicyclic amines) is 1. The van der Waals surface area contributed by atoms with Crippen LogP contribution in [-0.4, -0.2) is 69.1 Å². The number of hydrogen-bond donors (Lipinski definition) is 1. The molecule has 1 amide bonds. The van der Waals surface area contributed by atoms with Crippen LogP contribution in [0.2, 0.25) is 0 Å². The Balaban J connectivity index is 2.60. The number of carbonyl (C=O) groups excluding carboxylic acids is 1. The summed E-state index contributed by atoms with van der Waals surface area (Å²) in [5, 5.41) is 3.06. The van der Waals surface area contributed by atoms with Crippen LogP contribution in [0.1, 0.15) is 19.8 Å². The highest BCUT2D eigenvalue weighted by molar-refractivity contribution is 7.89. The Morgan fingerprint density at radius 3 is 2.72 bits per heavy atom. The van der Waals surface area contributed by atoms with E-state index < -0.39 is 10.0 Å². The SMILES string of the molecule is CCS(=O)(=O)N(C)CC(=O)N1CCCC1CNC. The van der Waals surface area contributed by atoms with E-state index in [9.17, 15) is 13.2 Å². The van der Waals surface area contributed by atoms with Gasteiger partial charge in [0.1, 0.15) is 0 Å². The van der Waals surface area contributed by atoms with Gasteiger partial charge in [0.25, 0.3) is 0 Å². The molecule has 7 heteroatoms. The van der Waals surface area contributed by atoms with E-state index >= 15 is 0 Å². The van der Waals surface area contributed by atoms with Gasteiger partial charge in [-0.1, -0.05) is 0 Å². The minimum absolute atomic E-state index is 0.0245. The van der Waals surface area contributed by atoms with Gasteiger partial charge < -0.3 is 10.2 Å².